The van der Waals surface area contributed by atoms with E-state index in [9.17, 15) is 22.4 Å². The maximum atomic E-state index is 13.4. The summed E-state index contributed by atoms with van der Waals surface area (Å²) in [5, 5.41) is 2.51. The Labute approximate surface area is 189 Å². The van der Waals surface area contributed by atoms with Crippen molar-refractivity contribution in [3.8, 4) is 0 Å². The van der Waals surface area contributed by atoms with E-state index >= 15 is 0 Å². The van der Waals surface area contributed by atoms with Gasteiger partial charge in [-0.25, -0.2) is 12.8 Å². The van der Waals surface area contributed by atoms with E-state index in [1.165, 1.54) is 36.2 Å². The molecule has 0 heterocycles. The van der Waals surface area contributed by atoms with E-state index in [2.05, 4.69) is 5.32 Å². The normalized spacial score (nSPS) is 12.3. The third kappa shape index (κ3) is 6.29. The van der Waals surface area contributed by atoms with Crippen LogP contribution in [0.25, 0.3) is 0 Å². The highest BCUT2D eigenvalue weighted by Crippen LogP contribution is 2.29. The van der Waals surface area contributed by atoms with E-state index < -0.39 is 40.2 Å². The number of carbonyl (C=O) groups excluding carboxylic acids is 2. The lowest BCUT2D eigenvalue weighted by Crippen LogP contribution is -2.50. The van der Waals surface area contributed by atoms with E-state index in [1.807, 2.05) is 26.0 Å². The predicted octanol–water partition coefficient (Wildman–Crippen LogP) is 2.88. The SMILES string of the molecule is CNC(=O)C(C)N(Cc1ccc(F)cc1)C(=O)CN(c1ccccc1C(C)C)S(C)(=O)=O. The van der Waals surface area contributed by atoms with Crippen molar-refractivity contribution < 1.29 is 22.4 Å². The van der Waals surface area contributed by atoms with Crippen molar-refractivity contribution in [2.45, 2.75) is 39.3 Å². The first-order valence-corrected chi connectivity index (χ1v) is 12.1. The number of rotatable bonds is 9. The van der Waals surface area contributed by atoms with Crippen LogP contribution >= 0.6 is 0 Å². The van der Waals surface area contributed by atoms with Gasteiger partial charge in [-0.2, -0.15) is 0 Å². The van der Waals surface area contributed by atoms with Crippen molar-refractivity contribution in [2.24, 2.45) is 0 Å². The van der Waals surface area contributed by atoms with Crippen molar-refractivity contribution in [1.82, 2.24) is 10.2 Å². The van der Waals surface area contributed by atoms with Gasteiger partial charge in [0.25, 0.3) is 0 Å². The quantitative estimate of drug-likeness (QED) is 0.620. The van der Waals surface area contributed by atoms with Crippen LogP contribution in [0.15, 0.2) is 48.5 Å². The van der Waals surface area contributed by atoms with Gasteiger partial charge in [-0.15, -0.1) is 0 Å². The Hall–Kier alpha value is -2.94. The average molecular weight is 464 g/mol. The molecule has 2 aromatic carbocycles. The Bertz CT molecular complexity index is 1060. The van der Waals surface area contributed by atoms with Gasteiger partial charge in [-0.05, 0) is 42.2 Å². The number of halogens is 1. The molecule has 2 amide bonds. The summed E-state index contributed by atoms with van der Waals surface area (Å²) < 4.78 is 39.7. The number of carbonyl (C=O) groups is 2. The molecule has 0 saturated heterocycles. The average Bonchev–Trinajstić information content (AvgIpc) is 2.75. The highest BCUT2D eigenvalue weighted by atomic mass is 32.2. The van der Waals surface area contributed by atoms with Crippen molar-refractivity contribution in [1.29, 1.82) is 0 Å². The second-order valence-corrected chi connectivity index (χ2v) is 9.83. The minimum absolute atomic E-state index is 0.0249. The lowest BCUT2D eigenvalue weighted by atomic mass is 10.0. The van der Waals surface area contributed by atoms with Crippen molar-refractivity contribution >= 4 is 27.5 Å². The van der Waals surface area contributed by atoms with E-state index in [0.717, 1.165) is 16.1 Å². The van der Waals surface area contributed by atoms with Gasteiger partial charge in [0.2, 0.25) is 21.8 Å². The van der Waals surface area contributed by atoms with Crippen molar-refractivity contribution in [3.63, 3.8) is 0 Å². The number of hydrogen-bond donors (Lipinski definition) is 1. The first kappa shape index (κ1) is 25.3. The summed E-state index contributed by atoms with van der Waals surface area (Å²) in [6.07, 6.45) is 1.05. The molecule has 2 aromatic rings. The summed E-state index contributed by atoms with van der Waals surface area (Å²) in [6, 6.07) is 11.7. The zero-order valence-electron chi connectivity index (χ0n) is 19.0. The summed E-state index contributed by atoms with van der Waals surface area (Å²) in [6.45, 7) is 5.00. The molecule has 0 bridgehead atoms. The second-order valence-electron chi connectivity index (χ2n) is 7.92. The Morgan fingerprint density at radius 1 is 1.03 bits per heavy atom. The van der Waals surface area contributed by atoms with Gasteiger partial charge < -0.3 is 10.2 Å². The molecule has 9 heteroatoms. The first-order valence-electron chi connectivity index (χ1n) is 10.3. The van der Waals surface area contributed by atoms with Gasteiger partial charge in [0, 0.05) is 13.6 Å². The molecule has 0 aliphatic rings. The Balaban J connectivity index is 2.44. The molecule has 1 unspecified atom stereocenters. The van der Waals surface area contributed by atoms with E-state index in [0.29, 0.717) is 11.3 Å². The maximum Gasteiger partial charge on any atom is 0.244 e. The van der Waals surface area contributed by atoms with Gasteiger partial charge in [0.1, 0.15) is 18.4 Å². The molecule has 0 aliphatic heterocycles. The molecule has 0 aliphatic carbocycles. The van der Waals surface area contributed by atoms with Crippen LogP contribution in [0.5, 0.6) is 0 Å². The van der Waals surface area contributed by atoms with Crippen molar-refractivity contribution in [3.05, 3.63) is 65.5 Å². The Morgan fingerprint density at radius 3 is 2.16 bits per heavy atom. The molecule has 2 rings (SSSR count). The fourth-order valence-electron chi connectivity index (χ4n) is 3.38. The number of nitrogens with one attached hydrogen (secondary N) is 1. The molecule has 7 nitrogen and oxygen atoms in total. The monoisotopic (exact) mass is 463 g/mol. The summed E-state index contributed by atoms with van der Waals surface area (Å²) in [7, 11) is -2.34. The number of hydrogen-bond acceptors (Lipinski definition) is 4. The molecular weight excluding hydrogens is 433 g/mol. The van der Waals surface area contributed by atoms with Gasteiger partial charge in [0.15, 0.2) is 0 Å². The first-order chi connectivity index (χ1) is 15.0. The molecule has 0 aromatic heterocycles. The van der Waals surface area contributed by atoms with Crippen LogP contribution in [0.4, 0.5) is 10.1 Å². The molecule has 1 atom stereocenters. The Kier molecular flexibility index (Phi) is 8.38. The molecule has 0 radical (unpaired) electrons. The minimum atomic E-state index is -3.80. The lowest BCUT2D eigenvalue weighted by Gasteiger charge is -2.32. The molecule has 0 fully saturated rings. The van der Waals surface area contributed by atoms with Crippen LogP contribution in [0.1, 0.15) is 37.8 Å². The van der Waals surface area contributed by atoms with Crippen LogP contribution in [0.3, 0.4) is 0 Å². The van der Waals surface area contributed by atoms with Crippen LogP contribution in [0.2, 0.25) is 0 Å². The van der Waals surface area contributed by atoms with E-state index in [-0.39, 0.29) is 12.5 Å². The summed E-state index contributed by atoms with van der Waals surface area (Å²) in [5.74, 6) is -1.33. The van der Waals surface area contributed by atoms with E-state index in [4.69, 9.17) is 0 Å². The fraction of sp³-hybridized carbons (Fsp3) is 0.391. The van der Waals surface area contributed by atoms with Gasteiger partial charge in [-0.1, -0.05) is 44.2 Å². The zero-order valence-corrected chi connectivity index (χ0v) is 19.8. The number of nitrogens with zero attached hydrogens (tertiary/aromatic N) is 2. The zero-order chi connectivity index (χ0) is 24.1. The Morgan fingerprint density at radius 2 is 1.62 bits per heavy atom. The minimum Gasteiger partial charge on any atom is -0.357 e. The maximum absolute atomic E-state index is 13.4. The molecule has 0 spiro atoms. The third-order valence-corrected chi connectivity index (χ3v) is 6.31. The van der Waals surface area contributed by atoms with E-state index in [1.54, 1.807) is 19.1 Å². The lowest BCUT2D eigenvalue weighted by molar-refractivity contribution is -0.139. The smallest absolute Gasteiger partial charge is 0.244 e. The number of amides is 2. The number of likely N-dealkylation sites (N-methyl/N-ethyl adjacent to an activating group) is 1. The molecule has 0 saturated carbocycles. The number of anilines is 1. The van der Waals surface area contributed by atoms with Crippen LogP contribution in [-0.2, 0) is 26.2 Å². The topological polar surface area (TPSA) is 86.8 Å². The fourth-order valence-corrected chi connectivity index (χ4v) is 4.24. The predicted molar refractivity (Wildman–Crippen MR) is 123 cm³/mol. The van der Waals surface area contributed by atoms with Crippen molar-refractivity contribution in [2.75, 3.05) is 24.2 Å². The molecule has 32 heavy (non-hydrogen) atoms. The highest BCUT2D eigenvalue weighted by Gasteiger charge is 2.30. The van der Waals surface area contributed by atoms with Gasteiger partial charge in [0.05, 0.1) is 11.9 Å². The second kappa shape index (κ2) is 10.6. The molecular formula is C23H30FN3O4S. The van der Waals surface area contributed by atoms with Gasteiger partial charge in [-0.3, -0.25) is 13.9 Å². The van der Waals surface area contributed by atoms with Crippen LogP contribution in [0, 0.1) is 5.82 Å². The summed E-state index contributed by atoms with van der Waals surface area (Å²) >= 11 is 0. The molecule has 174 valence electrons. The molecule has 1 N–H and O–H groups in total. The largest absolute Gasteiger partial charge is 0.357 e. The number of para-hydroxylation sites is 1. The summed E-state index contributed by atoms with van der Waals surface area (Å²) in [4.78, 5) is 26.9. The van der Waals surface area contributed by atoms with Crippen LogP contribution < -0.4 is 9.62 Å². The third-order valence-electron chi connectivity index (χ3n) is 5.19. The summed E-state index contributed by atoms with van der Waals surface area (Å²) in [5.41, 5.74) is 1.83. The van der Waals surface area contributed by atoms with Gasteiger partial charge >= 0.3 is 0 Å². The standard InChI is InChI=1S/C23H30FN3O4S/c1-16(2)20-8-6-7-9-21(20)27(32(5,30)31)15-22(28)26(17(3)23(29)25-4)14-18-10-12-19(24)13-11-18/h6-13,16-17H,14-15H2,1-5H3,(H,25,29). The van der Waals surface area contributed by atoms with Crippen LogP contribution in [-0.4, -0.2) is 51.0 Å². The number of benzene rings is 2. The number of sulfonamides is 1. The highest BCUT2D eigenvalue weighted by molar-refractivity contribution is 7.92.